The SMILES string of the molecule is NCCCCC(NC(=O)C(CS)NC(=O)C(Cc1cnc[nH]1)NC(=O)C(N)Cc1cnc[nH]1)C(=O)O. The first-order valence-electron chi connectivity index (χ1n) is 11.4. The lowest BCUT2D eigenvalue weighted by Gasteiger charge is -2.24. The lowest BCUT2D eigenvalue weighted by atomic mass is 10.1. The average Bonchev–Trinajstić information content (AvgIpc) is 3.55. The van der Waals surface area contributed by atoms with Crippen molar-refractivity contribution in [1.82, 2.24) is 35.9 Å². The van der Waals surface area contributed by atoms with Crippen LogP contribution in [0.25, 0.3) is 0 Å². The zero-order valence-corrected chi connectivity index (χ0v) is 20.5. The van der Waals surface area contributed by atoms with Crippen molar-refractivity contribution in [2.75, 3.05) is 12.3 Å². The van der Waals surface area contributed by atoms with E-state index in [-0.39, 0.29) is 25.0 Å². The topological polar surface area (TPSA) is 234 Å². The summed E-state index contributed by atoms with van der Waals surface area (Å²) in [6.45, 7) is 0.407. The predicted molar refractivity (Wildman–Crippen MR) is 133 cm³/mol. The van der Waals surface area contributed by atoms with Crippen LogP contribution in [0.1, 0.15) is 30.7 Å². The number of imidazole rings is 2. The van der Waals surface area contributed by atoms with Crippen LogP contribution >= 0.6 is 12.6 Å². The molecule has 14 nitrogen and oxygen atoms in total. The molecule has 0 saturated heterocycles. The molecule has 0 aliphatic rings. The minimum atomic E-state index is -1.19. The summed E-state index contributed by atoms with van der Waals surface area (Å²) in [6, 6.07) is -4.33. The van der Waals surface area contributed by atoms with Crippen LogP contribution in [0.3, 0.4) is 0 Å². The predicted octanol–water partition coefficient (Wildman–Crippen LogP) is -2.16. The standard InChI is InChI=1S/C21H33N9O5S/c22-4-2-1-3-15(21(34)35)28-20(33)17(9-36)30-19(32)16(6-13-8-25-11-27-13)29-18(31)14(23)5-12-7-24-10-26-12/h7-8,10-11,14-17,36H,1-6,9,22-23H2,(H,24,26)(H,25,27)(H,28,33)(H,29,31)(H,30,32)(H,34,35). The molecule has 0 aromatic carbocycles. The van der Waals surface area contributed by atoms with Crippen molar-refractivity contribution in [3.8, 4) is 0 Å². The number of unbranched alkanes of at least 4 members (excludes halogenated alkanes) is 1. The Morgan fingerprint density at radius 3 is 1.97 bits per heavy atom. The molecule has 0 aliphatic heterocycles. The summed E-state index contributed by atoms with van der Waals surface area (Å²) in [4.78, 5) is 63.5. The molecular formula is C21H33N9O5S. The van der Waals surface area contributed by atoms with Crippen LogP contribution in [-0.2, 0) is 32.0 Å². The highest BCUT2D eigenvalue weighted by atomic mass is 32.1. The number of H-pyrrole nitrogens is 2. The van der Waals surface area contributed by atoms with Crippen LogP contribution < -0.4 is 27.4 Å². The van der Waals surface area contributed by atoms with E-state index in [1.807, 2.05) is 0 Å². The fourth-order valence-electron chi connectivity index (χ4n) is 3.32. The summed E-state index contributed by atoms with van der Waals surface area (Å²) in [7, 11) is 0. The number of aromatic nitrogens is 4. The number of aliphatic carboxylic acids is 1. The van der Waals surface area contributed by atoms with Gasteiger partial charge in [-0.2, -0.15) is 12.6 Å². The third kappa shape index (κ3) is 9.31. The van der Waals surface area contributed by atoms with Gasteiger partial charge in [0.15, 0.2) is 0 Å². The van der Waals surface area contributed by atoms with Crippen molar-refractivity contribution < 1.29 is 24.3 Å². The van der Waals surface area contributed by atoms with Gasteiger partial charge in [-0.1, -0.05) is 0 Å². The number of amides is 3. The molecule has 10 N–H and O–H groups in total. The Morgan fingerprint density at radius 1 is 0.889 bits per heavy atom. The number of rotatable bonds is 16. The Balaban J connectivity index is 2.05. The molecule has 2 aromatic heterocycles. The second kappa shape index (κ2) is 14.9. The van der Waals surface area contributed by atoms with Crippen molar-refractivity contribution in [1.29, 1.82) is 0 Å². The van der Waals surface area contributed by atoms with Gasteiger partial charge < -0.3 is 42.5 Å². The number of carbonyl (C=O) groups is 4. The van der Waals surface area contributed by atoms with Gasteiger partial charge in [0.2, 0.25) is 17.7 Å². The van der Waals surface area contributed by atoms with Crippen LogP contribution in [0.15, 0.2) is 25.0 Å². The zero-order valence-electron chi connectivity index (χ0n) is 19.6. The lowest BCUT2D eigenvalue weighted by Crippen LogP contribution is -2.58. The second-order valence-electron chi connectivity index (χ2n) is 8.16. The highest BCUT2D eigenvalue weighted by Gasteiger charge is 2.30. The molecule has 2 rings (SSSR count). The minimum Gasteiger partial charge on any atom is -0.480 e. The van der Waals surface area contributed by atoms with Crippen LogP contribution in [0.4, 0.5) is 0 Å². The lowest BCUT2D eigenvalue weighted by molar-refractivity contribution is -0.142. The highest BCUT2D eigenvalue weighted by molar-refractivity contribution is 7.80. The number of nitrogens with two attached hydrogens (primary N) is 2. The van der Waals surface area contributed by atoms with Gasteiger partial charge in [0.05, 0.1) is 18.7 Å². The Labute approximate surface area is 213 Å². The third-order valence-electron chi connectivity index (χ3n) is 5.32. The summed E-state index contributed by atoms with van der Waals surface area (Å²) in [5.41, 5.74) is 12.6. The van der Waals surface area contributed by atoms with Crippen LogP contribution in [0, 0.1) is 0 Å². The van der Waals surface area contributed by atoms with Gasteiger partial charge in [-0.15, -0.1) is 0 Å². The van der Waals surface area contributed by atoms with Crippen molar-refractivity contribution in [3.05, 3.63) is 36.4 Å². The van der Waals surface area contributed by atoms with Gasteiger partial charge >= 0.3 is 5.97 Å². The largest absolute Gasteiger partial charge is 0.480 e. The molecule has 3 amide bonds. The number of hydrogen-bond acceptors (Lipinski definition) is 9. The van der Waals surface area contributed by atoms with Gasteiger partial charge in [-0.25, -0.2) is 14.8 Å². The Hall–Kier alpha value is -3.43. The number of hydrogen-bond donors (Lipinski definition) is 9. The summed E-state index contributed by atoms with van der Waals surface area (Å²) in [5, 5.41) is 17.0. The Bertz CT molecular complexity index is 971. The smallest absolute Gasteiger partial charge is 0.326 e. The number of aromatic amines is 2. The molecule has 198 valence electrons. The maximum Gasteiger partial charge on any atom is 0.326 e. The monoisotopic (exact) mass is 523 g/mol. The van der Waals surface area contributed by atoms with Crippen LogP contribution in [0.5, 0.6) is 0 Å². The highest BCUT2D eigenvalue weighted by Crippen LogP contribution is 2.05. The zero-order chi connectivity index (χ0) is 26.5. The molecule has 0 fully saturated rings. The number of nitrogens with zero attached hydrogens (tertiary/aromatic N) is 2. The summed E-state index contributed by atoms with van der Waals surface area (Å²) >= 11 is 4.13. The van der Waals surface area contributed by atoms with E-state index in [1.54, 1.807) is 0 Å². The molecule has 4 unspecified atom stereocenters. The first kappa shape index (κ1) is 28.8. The molecule has 0 saturated carbocycles. The molecule has 4 atom stereocenters. The molecule has 0 bridgehead atoms. The molecule has 0 spiro atoms. The third-order valence-corrected chi connectivity index (χ3v) is 5.69. The molecule has 2 heterocycles. The molecular weight excluding hydrogens is 490 g/mol. The van der Waals surface area contributed by atoms with E-state index in [1.165, 1.54) is 25.0 Å². The van der Waals surface area contributed by atoms with Crippen LogP contribution in [0.2, 0.25) is 0 Å². The normalized spacial score (nSPS) is 14.3. The van der Waals surface area contributed by atoms with E-state index in [2.05, 4.69) is 48.5 Å². The summed E-state index contributed by atoms with van der Waals surface area (Å²) in [6.07, 6.45) is 7.47. The maximum absolute atomic E-state index is 13.1. The number of carboxylic acid groups (broad SMARTS) is 1. The van der Waals surface area contributed by atoms with E-state index in [4.69, 9.17) is 11.5 Å². The average molecular weight is 524 g/mol. The Morgan fingerprint density at radius 2 is 1.44 bits per heavy atom. The van der Waals surface area contributed by atoms with Gasteiger partial charge in [-0.3, -0.25) is 14.4 Å². The fourth-order valence-corrected chi connectivity index (χ4v) is 3.58. The van der Waals surface area contributed by atoms with Gasteiger partial charge in [0.1, 0.15) is 18.1 Å². The number of nitrogens with one attached hydrogen (secondary N) is 5. The fraction of sp³-hybridized carbons (Fsp3) is 0.524. The van der Waals surface area contributed by atoms with E-state index in [0.717, 1.165) is 0 Å². The van der Waals surface area contributed by atoms with E-state index in [0.29, 0.717) is 30.8 Å². The quantitative estimate of drug-likeness (QED) is 0.0859. The second-order valence-corrected chi connectivity index (χ2v) is 8.52. The molecule has 0 radical (unpaired) electrons. The van der Waals surface area contributed by atoms with E-state index >= 15 is 0 Å². The van der Waals surface area contributed by atoms with Gasteiger partial charge in [0.25, 0.3) is 0 Å². The number of carboxylic acids is 1. The summed E-state index contributed by atoms with van der Waals surface area (Å²) in [5.74, 6) is -3.25. The van der Waals surface area contributed by atoms with Crippen molar-refractivity contribution >= 4 is 36.3 Å². The van der Waals surface area contributed by atoms with Gasteiger partial charge in [-0.05, 0) is 25.8 Å². The van der Waals surface area contributed by atoms with E-state index < -0.39 is 47.9 Å². The molecule has 2 aromatic rings. The Kier molecular flexibility index (Phi) is 11.9. The molecule has 15 heteroatoms. The van der Waals surface area contributed by atoms with Crippen molar-refractivity contribution in [2.24, 2.45) is 11.5 Å². The molecule has 0 aliphatic carbocycles. The van der Waals surface area contributed by atoms with Crippen molar-refractivity contribution in [3.63, 3.8) is 0 Å². The van der Waals surface area contributed by atoms with Crippen molar-refractivity contribution in [2.45, 2.75) is 56.3 Å². The minimum absolute atomic E-state index is 0.0477. The first-order valence-corrected chi connectivity index (χ1v) is 12.0. The first-order chi connectivity index (χ1) is 17.2. The maximum atomic E-state index is 13.1. The number of carbonyl (C=O) groups excluding carboxylic acids is 3. The van der Waals surface area contributed by atoms with Crippen LogP contribution in [-0.4, -0.2) is 85.2 Å². The molecule has 36 heavy (non-hydrogen) atoms. The summed E-state index contributed by atoms with van der Waals surface area (Å²) < 4.78 is 0. The van der Waals surface area contributed by atoms with Gasteiger partial charge in [0, 0.05) is 42.4 Å². The number of thiol groups is 1. The van der Waals surface area contributed by atoms with E-state index in [9.17, 15) is 24.3 Å².